The van der Waals surface area contributed by atoms with Gasteiger partial charge >= 0.3 is 0 Å². The smallest absolute Gasteiger partial charge is 0.116 e. The summed E-state index contributed by atoms with van der Waals surface area (Å²) in [4.78, 5) is 4.14. The fourth-order valence-corrected chi connectivity index (χ4v) is 1.03. The highest BCUT2D eigenvalue weighted by molar-refractivity contribution is 5.73. The molecule has 0 aliphatic rings. The molecule has 0 bridgehead atoms. The van der Waals surface area contributed by atoms with Crippen LogP contribution in [0, 0.1) is 6.92 Å². The third-order valence-corrected chi connectivity index (χ3v) is 1.63. The Labute approximate surface area is 63.9 Å². The van der Waals surface area contributed by atoms with Gasteiger partial charge in [-0.15, -0.1) is 5.10 Å². The molecule has 0 aliphatic heterocycles. The van der Waals surface area contributed by atoms with Crippen molar-refractivity contribution in [1.29, 1.82) is 0 Å². The largest absolute Gasteiger partial charge is 0.259 e. The SMILES string of the molecule is Cc1cc2nnn(C)c2cn1. The van der Waals surface area contributed by atoms with Crippen LogP contribution in [0.4, 0.5) is 0 Å². The molecule has 0 N–H and O–H groups in total. The molecule has 11 heavy (non-hydrogen) atoms. The van der Waals surface area contributed by atoms with Gasteiger partial charge in [0.15, 0.2) is 0 Å². The summed E-state index contributed by atoms with van der Waals surface area (Å²) in [5.74, 6) is 0. The summed E-state index contributed by atoms with van der Waals surface area (Å²) >= 11 is 0. The number of aryl methyl sites for hydroxylation is 2. The molecule has 4 nitrogen and oxygen atoms in total. The van der Waals surface area contributed by atoms with E-state index in [4.69, 9.17) is 0 Å². The van der Waals surface area contributed by atoms with Gasteiger partial charge in [0, 0.05) is 12.7 Å². The molecule has 0 atom stereocenters. The molecule has 2 heterocycles. The van der Waals surface area contributed by atoms with Crippen molar-refractivity contribution < 1.29 is 0 Å². The first-order valence-corrected chi connectivity index (χ1v) is 3.39. The standard InChI is InChI=1S/C7H8N4/c1-5-3-6-7(4-8-5)11(2)10-9-6/h3-4H,1-2H3. The van der Waals surface area contributed by atoms with Crippen LogP contribution in [0.5, 0.6) is 0 Å². The number of nitrogens with zero attached hydrogens (tertiary/aromatic N) is 4. The van der Waals surface area contributed by atoms with Crippen LogP contribution in [0.3, 0.4) is 0 Å². The molecular weight excluding hydrogens is 140 g/mol. The molecule has 0 saturated heterocycles. The lowest BCUT2D eigenvalue weighted by atomic mass is 10.3. The van der Waals surface area contributed by atoms with Gasteiger partial charge in [-0.25, -0.2) is 4.68 Å². The zero-order valence-corrected chi connectivity index (χ0v) is 6.44. The summed E-state index contributed by atoms with van der Waals surface area (Å²) in [7, 11) is 1.85. The zero-order valence-electron chi connectivity index (χ0n) is 6.44. The van der Waals surface area contributed by atoms with Gasteiger partial charge in [0.1, 0.15) is 11.0 Å². The fraction of sp³-hybridized carbons (Fsp3) is 0.286. The average molecular weight is 148 g/mol. The maximum absolute atomic E-state index is 4.14. The first-order chi connectivity index (χ1) is 5.27. The second kappa shape index (κ2) is 2.02. The lowest BCUT2D eigenvalue weighted by Gasteiger charge is -1.91. The van der Waals surface area contributed by atoms with E-state index in [1.165, 1.54) is 0 Å². The van der Waals surface area contributed by atoms with Crippen molar-refractivity contribution in [3.05, 3.63) is 18.0 Å². The van der Waals surface area contributed by atoms with Gasteiger partial charge in [0.25, 0.3) is 0 Å². The van der Waals surface area contributed by atoms with Crippen molar-refractivity contribution in [3.8, 4) is 0 Å². The van der Waals surface area contributed by atoms with Gasteiger partial charge in [-0.3, -0.25) is 4.98 Å². The van der Waals surface area contributed by atoms with E-state index in [9.17, 15) is 0 Å². The number of fused-ring (bicyclic) bond motifs is 1. The molecule has 0 fully saturated rings. The van der Waals surface area contributed by atoms with Crippen LogP contribution in [0.2, 0.25) is 0 Å². The number of hydrogen-bond acceptors (Lipinski definition) is 3. The molecule has 0 aromatic carbocycles. The minimum Gasteiger partial charge on any atom is -0.259 e. The van der Waals surface area contributed by atoms with Crippen molar-refractivity contribution >= 4 is 11.0 Å². The Kier molecular flexibility index (Phi) is 1.15. The highest BCUT2D eigenvalue weighted by Gasteiger charge is 1.99. The van der Waals surface area contributed by atoms with Gasteiger partial charge in [-0.05, 0) is 13.0 Å². The van der Waals surface area contributed by atoms with Crippen LogP contribution >= 0.6 is 0 Å². The molecule has 2 aromatic heterocycles. The predicted molar refractivity (Wildman–Crippen MR) is 41.0 cm³/mol. The molecule has 0 radical (unpaired) electrons. The normalized spacial score (nSPS) is 10.7. The summed E-state index contributed by atoms with van der Waals surface area (Å²) in [6.45, 7) is 1.94. The third-order valence-electron chi connectivity index (χ3n) is 1.63. The molecule has 4 heteroatoms. The van der Waals surface area contributed by atoms with E-state index in [1.54, 1.807) is 10.9 Å². The lowest BCUT2D eigenvalue weighted by molar-refractivity contribution is 0.735. The third kappa shape index (κ3) is 0.869. The van der Waals surface area contributed by atoms with Crippen molar-refractivity contribution in [2.24, 2.45) is 7.05 Å². The van der Waals surface area contributed by atoms with Crippen LogP contribution in [-0.2, 0) is 7.05 Å². The summed E-state index contributed by atoms with van der Waals surface area (Å²) in [6.07, 6.45) is 1.78. The summed E-state index contributed by atoms with van der Waals surface area (Å²) in [5, 5.41) is 7.82. The van der Waals surface area contributed by atoms with E-state index >= 15 is 0 Å². The minimum atomic E-state index is 0.903. The van der Waals surface area contributed by atoms with Gasteiger partial charge in [-0.2, -0.15) is 0 Å². The highest BCUT2D eigenvalue weighted by atomic mass is 15.4. The molecular formula is C7H8N4. The minimum absolute atomic E-state index is 0.903. The van der Waals surface area contributed by atoms with Crippen LogP contribution in [0.15, 0.2) is 12.3 Å². The summed E-state index contributed by atoms with van der Waals surface area (Å²) in [5.41, 5.74) is 2.84. The lowest BCUT2D eigenvalue weighted by Crippen LogP contribution is -1.89. The summed E-state index contributed by atoms with van der Waals surface area (Å²) in [6, 6.07) is 1.92. The molecule has 0 amide bonds. The summed E-state index contributed by atoms with van der Waals surface area (Å²) < 4.78 is 1.71. The first-order valence-electron chi connectivity index (χ1n) is 3.39. The van der Waals surface area contributed by atoms with Crippen LogP contribution in [0.1, 0.15) is 5.69 Å². The number of pyridine rings is 1. The molecule has 0 saturated carbocycles. The second-order valence-corrected chi connectivity index (χ2v) is 2.53. The Morgan fingerprint density at radius 2 is 2.27 bits per heavy atom. The molecule has 56 valence electrons. The van der Waals surface area contributed by atoms with E-state index in [0.29, 0.717) is 0 Å². The monoisotopic (exact) mass is 148 g/mol. The van der Waals surface area contributed by atoms with E-state index < -0.39 is 0 Å². The van der Waals surface area contributed by atoms with E-state index in [0.717, 1.165) is 16.7 Å². The van der Waals surface area contributed by atoms with Crippen LogP contribution < -0.4 is 0 Å². The number of aromatic nitrogens is 4. The first kappa shape index (κ1) is 6.27. The highest BCUT2D eigenvalue weighted by Crippen LogP contribution is 2.08. The van der Waals surface area contributed by atoms with Crippen LogP contribution in [0.25, 0.3) is 11.0 Å². The predicted octanol–water partition coefficient (Wildman–Crippen LogP) is 0.672. The Hall–Kier alpha value is -1.45. The Morgan fingerprint density at radius 3 is 3.09 bits per heavy atom. The number of hydrogen-bond donors (Lipinski definition) is 0. The van der Waals surface area contributed by atoms with Crippen molar-refractivity contribution in [2.45, 2.75) is 6.92 Å². The molecule has 2 rings (SSSR count). The molecule has 0 unspecified atom stereocenters. The molecule has 0 spiro atoms. The number of rotatable bonds is 0. The van der Waals surface area contributed by atoms with E-state index in [2.05, 4.69) is 15.3 Å². The Morgan fingerprint density at radius 1 is 1.45 bits per heavy atom. The van der Waals surface area contributed by atoms with Gasteiger partial charge in [0.2, 0.25) is 0 Å². The second-order valence-electron chi connectivity index (χ2n) is 2.53. The van der Waals surface area contributed by atoms with Crippen molar-refractivity contribution in [3.63, 3.8) is 0 Å². The van der Waals surface area contributed by atoms with E-state index in [1.807, 2.05) is 20.0 Å². The van der Waals surface area contributed by atoms with Gasteiger partial charge in [-0.1, -0.05) is 5.21 Å². The van der Waals surface area contributed by atoms with Gasteiger partial charge in [0.05, 0.1) is 6.20 Å². The quantitative estimate of drug-likeness (QED) is 0.551. The topological polar surface area (TPSA) is 43.6 Å². The Balaban J connectivity index is 2.86. The van der Waals surface area contributed by atoms with Crippen LogP contribution in [-0.4, -0.2) is 20.0 Å². The molecule has 0 aliphatic carbocycles. The molecule has 2 aromatic rings. The maximum atomic E-state index is 4.14. The average Bonchev–Trinajstić information content (AvgIpc) is 2.32. The zero-order chi connectivity index (χ0) is 7.84. The van der Waals surface area contributed by atoms with E-state index in [-0.39, 0.29) is 0 Å². The van der Waals surface area contributed by atoms with Crippen molar-refractivity contribution in [2.75, 3.05) is 0 Å². The Bertz CT molecular complexity index is 390. The maximum Gasteiger partial charge on any atom is 0.116 e. The van der Waals surface area contributed by atoms with Gasteiger partial charge < -0.3 is 0 Å². The van der Waals surface area contributed by atoms with Crippen molar-refractivity contribution in [1.82, 2.24) is 20.0 Å². The fourth-order valence-electron chi connectivity index (χ4n) is 1.03.